The maximum atomic E-state index is 13.4. The van der Waals surface area contributed by atoms with E-state index in [2.05, 4.69) is 26.2 Å². The number of amides is 1. The molecule has 0 N–H and O–H groups in total. The second-order valence-electron chi connectivity index (χ2n) is 6.66. The summed E-state index contributed by atoms with van der Waals surface area (Å²) in [7, 11) is 1.58. The van der Waals surface area contributed by atoms with Gasteiger partial charge in [-0.05, 0) is 48.0 Å². The van der Waals surface area contributed by atoms with Crippen LogP contribution in [0.1, 0.15) is 5.56 Å². The van der Waals surface area contributed by atoms with Gasteiger partial charge in [-0.1, -0.05) is 57.0 Å². The van der Waals surface area contributed by atoms with Gasteiger partial charge in [0.1, 0.15) is 17.8 Å². The summed E-state index contributed by atoms with van der Waals surface area (Å²) in [6.07, 6.45) is 0. The topological polar surface area (TPSA) is 60.2 Å². The first-order chi connectivity index (χ1) is 14.5. The van der Waals surface area contributed by atoms with Gasteiger partial charge in [0.2, 0.25) is 5.91 Å². The van der Waals surface area contributed by atoms with E-state index in [4.69, 9.17) is 16.3 Å². The first kappa shape index (κ1) is 20.4. The lowest BCUT2D eigenvalue weighted by Crippen LogP contribution is -2.34. The number of nitrogens with zero attached hydrogens (tertiary/aromatic N) is 4. The lowest BCUT2D eigenvalue weighted by Gasteiger charge is -2.25. The standard InChI is InChI=1S/C22H18BrClN4O2/c1-30-21-12-16(23)9-10-20(21)27(13-15-5-4-6-17(24)11-15)22(29)14-28-19-8-3-2-7-18(19)25-26-28/h2-12H,13-14H2,1H3. The van der Waals surface area contributed by atoms with E-state index < -0.39 is 0 Å². The Kier molecular flexibility index (Phi) is 6.01. The molecule has 4 aromatic rings. The smallest absolute Gasteiger partial charge is 0.249 e. The zero-order chi connectivity index (χ0) is 21.1. The molecular weight excluding hydrogens is 468 g/mol. The first-order valence-electron chi connectivity index (χ1n) is 9.22. The Balaban J connectivity index is 1.71. The predicted molar refractivity (Wildman–Crippen MR) is 121 cm³/mol. The van der Waals surface area contributed by atoms with Gasteiger partial charge >= 0.3 is 0 Å². The lowest BCUT2D eigenvalue weighted by atomic mass is 10.2. The number of anilines is 1. The third-order valence-electron chi connectivity index (χ3n) is 4.67. The fraction of sp³-hybridized carbons (Fsp3) is 0.136. The van der Waals surface area contributed by atoms with E-state index in [1.54, 1.807) is 22.8 Å². The second-order valence-corrected chi connectivity index (χ2v) is 8.01. The molecule has 0 fully saturated rings. The van der Waals surface area contributed by atoms with Crippen LogP contribution in [0.2, 0.25) is 5.02 Å². The molecule has 0 atom stereocenters. The van der Waals surface area contributed by atoms with E-state index >= 15 is 0 Å². The summed E-state index contributed by atoms with van der Waals surface area (Å²) in [5.74, 6) is 0.439. The highest BCUT2D eigenvalue weighted by Crippen LogP contribution is 2.33. The van der Waals surface area contributed by atoms with Crippen molar-refractivity contribution in [2.24, 2.45) is 0 Å². The molecule has 3 aromatic carbocycles. The van der Waals surface area contributed by atoms with E-state index in [0.29, 0.717) is 23.0 Å². The van der Waals surface area contributed by atoms with Crippen molar-refractivity contribution in [3.63, 3.8) is 0 Å². The van der Waals surface area contributed by atoms with Crippen LogP contribution in [0, 0.1) is 0 Å². The Labute approximate surface area is 187 Å². The van der Waals surface area contributed by atoms with Crippen LogP contribution < -0.4 is 9.64 Å². The molecule has 0 aliphatic heterocycles. The molecule has 1 heterocycles. The highest BCUT2D eigenvalue weighted by atomic mass is 79.9. The molecule has 0 aliphatic carbocycles. The largest absolute Gasteiger partial charge is 0.495 e. The molecule has 8 heteroatoms. The Bertz CT molecular complexity index is 1210. The number of hydrogen-bond donors (Lipinski definition) is 0. The van der Waals surface area contributed by atoms with Crippen LogP contribution in [0.4, 0.5) is 5.69 Å². The molecule has 0 saturated heterocycles. The number of para-hydroxylation sites is 1. The molecule has 1 amide bonds. The minimum Gasteiger partial charge on any atom is -0.495 e. The predicted octanol–water partition coefficient (Wildman–Crippen LogP) is 5.09. The Morgan fingerprint density at radius 2 is 1.97 bits per heavy atom. The lowest BCUT2D eigenvalue weighted by molar-refractivity contribution is -0.119. The van der Waals surface area contributed by atoms with Crippen molar-refractivity contribution >= 4 is 50.2 Å². The molecule has 6 nitrogen and oxygen atoms in total. The van der Waals surface area contributed by atoms with Gasteiger partial charge < -0.3 is 9.64 Å². The van der Waals surface area contributed by atoms with Gasteiger partial charge in [0, 0.05) is 9.50 Å². The fourth-order valence-electron chi connectivity index (χ4n) is 3.25. The molecular formula is C22H18BrClN4O2. The SMILES string of the molecule is COc1cc(Br)ccc1N(Cc1cccc(Cl)c1)C(=O)Cn1nnc2ccccc21. The van der Waals surface area contributed by atoms with Gasteiger partial charge in [-0.15, -0.1) is 5.10 Å². The summed E-state index contributed by atoms with van der Waals surface area (Å²) in [6, 6.07) is 20.6. The summed E-state index contributed by atoms with van der Waals surface area (Å²) in [6.45, 7) is 0.379. The maximum absolute atomic E-state index is 13.4. The number of halogens is 2. The molecule has 152 valence electrons. The minimum atomic E-state index is -0.147. The van der Waals surface area contributed by atoms with Crippen molar-refractivity contribution < 1.29 is 9.53 Å². The molecule has 1 aromatic heterocycles. The van der Waals surface area contributed by atoms with Crippen molar-refractivity contribution in [1.29, 1.82) is 0 Å². The normalized spacial score (nSPS) is 10.9. The highest BCUT2D eigenvalue weighted by Gasteiger charge is 2.22. The van der Waals surface area contributed by atoms with Gasteiger partial charge in [0.25, 0.3) is 0 Å². The summed E-state index contributed by atoms with van der Waals surface area (Å²) in [5, 5.41) is 8.90. The minimum absolute atomic E-state index is 0.0420. The quantitative estimate of drug-likeness (QED) is 0.382. The van der Waals surface area contributed by atoms with E-state index in [1.807, 2.05) is 60.7 Å². The van der Waals surface area contributed by atoms with Crippen LogP contribution in [0.25, 0.3) is 11.0 Å². The van der Waals surface area contributed by atoms with E-state index in [9.17, 15) is 4.79 Å². The number of benzene rings is 3. The molecule has 0 saturated carbocycles. The van der Waals surface area contributed by atoms with E-state index in [-0.39, 0.29) is 12.5 Å². The summed E-state index contributed by atoms with van der Waals surface area (Å²) in [4.78, 5) is 15.1. The number of ether oxygens (including phenoxy) is 1. The summed E-state index contributed by atoms with van der Waals surface area (Å²) < 4.78 is 8.01. The van der Waals surface area contributed by atoms with Crippen LogP contribution in [0.5, 0.6) is 5.75 Å². The molecule has 0 aliphatic rings. The molecule has 0 bridgehead atoms. The number of rotatable bonds is 6. The first-order valence-corrected chi connectivity index (χ1v) is 10.4. The monoisotopic (exact) mass is 484 g/mol. The van der Waals surface area contributed by atoms with Gasteiger partial charge in [-0.25, -0.2) is 4.68 Å². The number of hydrogen-bond acceptors (Lipinski definition) is 4. The molecule has 4 rings (SSSR count). The zero-order valence-electron chi connectivity index (χ0n) is 16.1. The summed E-state index contributed by atoms with van der Waals surface area (Å²) in [5.41, 5.74) is 3.11. The number of carbonyl (C=O) groups excluding carboxylic acids is 1. The van der Waals surface area contributed by atoms with Crippen molar-refractivity contribution in [2.45, 2.75) is 13.1 Å². The number of carbonyl (C=O) groups is 1. The Hall–Kier alpha value is -2.90. The highest BCUT2D eigenvalue weighted by molar-refractivity contribution is 9.10. The van der Waals surface area contributed by atoms with E-state index in [1.165, 1.54) is 0 Å². The fourth-order valence-corrected chi connectivity index (χ4v) is 3.80. The van der Waals surface area contributed by atoms with E-state index in [0.717, 1.165) is 21.1 Å². The summed E-state index contributed by atoms with van der Waals surface area (Å²) >= 11 is 9.61. The molecule has 0 unspecified atom stereocenters. The third-order valence-corrected chi connectivity index (χ3v) is 5.40. The average Bonchev–Trinajstić information content (AvgIpc) is 3.15. The Morgan fingerprint density at radius 3 is 2.77 bits per heavy atom. The van der Waals surface area contributed by atoms with Crippen LogP contribution in [0.3, 0.4) is 0 Å². The van der Waals surface area contributed by atoms with Crippen LogP contribution in [-0.2, 0) is 17.9 Å². The number of methoxy groups -OCH3 is 1. The van der Waals surface area contributed by atoms with Crippen LogP contribution in [0.15, 0.2) is 71.2 Å². The Morgan fingerprint density at radius 1 is 1.13 bits per heavy atom. The number of aromatic nitrogens is 3. The van der Waals surface area contributed by atoms with Gasteiger partial charge in [-0.3, -0.25) is 4.79 Å². The molecule has 30 heavy (non-hydrogen) atoms. The second kappa shape index (κ2) is 8.85. The average molecular weight is 486 g/mol. The van der Waals surface area contributed by atoms with Gasteiger partial charge in [-0.2, -0.15) is 0 Å². The van der Waals surface area contributed by atoms with Crippen LogP contribution in [-0.4, -0.2) is 28.0 Å². The van der Waals surface area contributed by atoms with Crippen molar-refractivity contribution in [3.05, 3.63) is 81.8 Å². The van der Waals surface area contributed by atoms with Crippen molar-refractivity contribution in [3.8, 4) is 5.75 Å². The zero-order valence-corrected chi connectivity index (χ0v) is 18.5. The van der Waals surface area contributed by atoms with Crippen LogP contribution >= 0.6 is 27.5 Å². The van der Waals surface area contributed by atoms with Crippen molar-refractivity contribution in [2.75, 3.05) is 12.0 Å². The van der Waals surface area contributed by atoms with Gasteiger partial charge in [0.05, 0.1) is 24.9 Å². The maximum Gasteiger partial charge on any atom is 0.249 e. The van der Waals surface area contributed by atoms with Gasteiger partial charge in [0.15, 0.2) is 0 Å². The third kappa shape index (κ3) is 4.32. The molecule has 0 spiro atoms. The number of fused-ring (bicyclic) bond motifs is 1. The molecule has 0 radical (unpaired) electrons. The van der Waals surface area contributed by atoms with Crippen molar-refractivity contribution in [1.82, 2.24) is 15.0 Å².